The van der Waals surface area contributed by atoms with Crippen LogP contribution in [-0.4, -0.2) is 73.1 Å². The third-order valence-electron chi connectivity index (χ3n) is 9.48. The Morgan fingerprint density at radius 2 is 1.02 bits per heavy atom. The van der Waals surface area contributed by atoms with Gasteiger partial charge in [-0.05, 0) is 97.8 Å². The summed E-state index contributed by atoms with van der Waals surface area (Å²) in [5.41, 5.74) is 3.12. The number of carbonyl (C=O) groups is 2. The van der Waals surface area contributed by atoms with Crippen molar-refractivity contribution in [2.45, 2.75) is 74.5 Å². The number of nitrogens with zero attached hydrogens (tertiary/aromatic N) is 2. The molecule has 4 aromatic carbocycles. The van der Waals surface area contributed by atoms with Crippen molar-refractivity contribution >= 4 is 78.2 Å². The van der Waals surface area contributed by atoms with E-state index >= 15 is 0 Å². The van der Waals surface area contributed by atoms with Crippen molar-refractivity contribution in [3.05, 3.63) is 117 Å². The van der Waals surface area contributed by atoms with Crippen LogP contribution in [-0.2, 0) is 46.2 Å². The zero-order valence-corrected chi connectivity index (χ0v) is 40.5. The molecule has 2 atom stereocenters. The first-order chi connectivity index (χ1) is 27.4. The molecule has 0 aromatic heterocycles. The van der Waals surface area contributed by atoms with Crippen LogP contribution in [0.5, 0.6) is 0 Å². The Morgan fingerprint density at radius 3 is 1.35 bits per heavy atom. The number of anilines is 2. The average Bonchev–Trinajstić information content (AvgIpc) is 3.19. The molecular weight excluding hydrogens is 877 g/mol. The summed E-state index contributed by atoms with van der Waals surface area (Å²) in [5.74, 6) is -2.44. The predicted molar refractivity (Wildman–Crippen MR) is 219 cm³/mol. The zero-order chi connectivity index (χ0) is 42.4. The molecule has 20 heteroatoms. The molecule has 1 aliphatic rings. The molecular formula is C40H40Cl2N4Na2O10S2. The molecule has 0 saturated carbocycles. The minimum absolute atomic E-state index is 0. The monoisotopic (exact) mass is 916 g/mol. The topological polar surface area (TPSA) is 238 Å². The smallest absolute Gasteiger partial charge is 0.861 e. The first-order valence-corrected chi connectivity index (χ1v) is 22.0. The van der Waals surface area contributed by atoms with Crippen LogP contribution in [0.4, 0.5) is 11.4 Å². The van der Waals surface area contributed by atoms with E-state index in [1.165, 1.54) is 24.3 Å². The molecule has 60 heavy (non-hydrogen) atoms. The number of nitrogens with one attached hydrogen (secondary N) is 2. The first-order valence-electron chi connectivity index (χ1n) is 18.0. The largest absolute Gasteiger partial charge is 1.00 e. The van der Waals surface area contributed by atoms with E-state index in [0.717, 1.165) is 0 Å². The van der Waals surface area contributed by atoms with Gasteiger partial charge < -0.3 is 20.8 Å². The number of aryl methyl sites for hydroxylation is 2. The number of fused-ring (bicyclic) bond motifs is 2. The van der Waals surface area contributed by atoms with E-state index in [1.807, 2.05) is 13.8 Å². The maximum atomic E-state index is 14.1. The third-order valence-corrected chi connectivity index (χ3v) is 11.8. The second-order valence-corrected chi connectivity index (χ2v) is 17.1. The Morgan fingerprint density at radius 1 is 0.650 bits per heavy atom. The summed E-state index contributed by atoms with van der Waals surface area (Å²) >= 11 is 11.1. The SMILES string of the molecule is CC(CCc1cc(CN=C([O-])CCl)ccc1S(=O)(=O)O)Nc1ccc(NC(C)CCc2cc(CN=C([O-])CCl)ccc2S(=O)(=O)O)c2c1C(=O)c1ccccc1C2=O.[Na+].[Na+]. The predicted octanol–water partition coefficient (Wildman–Crippen LogP) is -1.17. The number of alkyl halides is 2. The maximum absolute atomic E-state index is 14.1. The molecule has 14 nitrogen and oxygen atoms in total. The molecule has 2 unspecified atom stereocenters. The Hall–Kier alpha value is -2.84. The molecule has 0 fully saturated rings. The average molecular weight is 918 g/mol. The van der Waals surface area contributed by atoms with Crippen molar-refractivity contribution in [1.29, 1.82) is 0 Å². The molecule has 308 valence electrons. The molecule has 5 rings (SSSR count). The zero-order valence-electron chi connectivity index (χ0n) is 33.4. The molecule has 4 N–H and O–H groups in total. The van der Waals surface area contributed by atoms with Crippen LogP contribution in [0.15, 0.2) is 92.6 Å². The summed E-state index contributed by atoms with van der Waals surface area (Å²) in [6, 6.07) is 17.5. The van der Waals surface area contributed by atoms with Gasteiger partial charge in [0.1, 0.15) is 0 Å². The van der Waals surface area contributed by atoms with Crippen molar-refractivity contribution in [1.82, 2.24) is 0 Å². The van der Waals surface area contributed by atoms with Crippen LogP contribution in [0, 0.1) is 0 Å². The van der Waals surface area contributed by atoms with Gasteiger partial charge >= 0.3 is 59.1 Å². The molecule has 0 spiro atoms. The van der Waals surface area contributed by atoms with E-state index in [1.54, 1.807) is 48.5 Å². The number of benzene rings is 4. The summed E-state index contributed by atoms with van der Waals surface area (Å²) in [6.45, 7) is 3.56. The fourth-order valence-electron chi connectivity index (χ4n) is 6.68. The van der Waals surface area contributed by atoms with Crippen LogP contribution >= 0.6 is 23.2 Å². The van der Waals surface area contributed by atoms with Gasteiger partial charge in [0.15, 0.2) is 11.6 Å². The fourth-order valence-corrected chi connectivity index (χ4v) is 8.32. The van der Waals surface area contributed by atoms with Gasteiger partial charge in [-0.25, -0.2) is 0 Å². The van der Waals surface area contributed by atoms with E-state index in [2.05, 4.69) is 20.6 Å². The van der Waals surface area contributed by atoms with E-state index in [4.69, 9.17) is 23.2 Å². The van der Waals surface area contributed by atoms with Gasteiger partial charge in [-0.1, -0.05) is 48.5 Å². The van der Waals surface area contributed by atoms with E-state index in [-0.39, 0.29) is 140 Å². The minimum Gasteiger partial charge on any atom is -0.861 e. The van der Waals surface area contributed by atoms with Crippen LogP contribution in [0.25, 0.3) is 0 Å². The number of carbonyl (C=O) groups excluding carboxylic acids is 2. The molecule has 1 aliphatic carbocycles. The molecule has 0 aliphatic heterocycles. The number of rotatable bonds is 18. The van der Waals surface area contributed by atoms with Gasteiger partial charge in [0.25, 0.3) is 20.2 Å². The third kappa shape index (κ3) is 13.1. The summed E-state index contributed by atoms with van der Waals surface area (Å²) in [4.78, 5) is 35.3. The summed E-state index contributed by atoms with van der Waals surface area (Å²) in [6.07, 6.45) is 0.965. The maximum Gasteiger partial charge on any atom is 1.00 e. The summed E-state index contributed by atoms with van der Waals surface area (Å²) in [5, 5.41) is 29.9. The normalized spacial score (nSPS) is 14.0. The van der Waals surface area contributed by atoms with E-state index in [0.29, 0.717) is 46.5 Å². The van der Waals surface area contributed by atoms with Crippen LogP contribution in [0.3, 0.4) is 0 Å². The van der Waals surface area contributed by atoms with Crippen LogP contribution in [0.1, 0.15) is 80.8 Å². The Balaban J connectivity index is 0.00000480. The van der Waals surface area contributed by atoms with Crippen LogP contribution in [0.2, 0.25) is 0 Å². The van der Waals surface area contributed by atoms with E-state index in [9.17, 15) is 45.7 Å². The summed E-state index contributed by atoms with van der Waals surface area (Å²) < 4.78 is 68.6. The first kappa shape index (κ1) is 51.5. The quantitative estimate of drug-likeness (QED) is 0.0268. The fraction of sp³-hybridized carbons (Fsp3) is 0.300. The van der Waals surface area contributed by atoms with Gasteiger partial charge in [0.2, 0.25) is 0 Å². The Labute approximate surface area is 403 Å². The van der Waals surface area contributed by atoms with Gasteiger partial charge in [0.05, 0.1) is 45.8 Å². The van der Waals surface area contributed by atoms with Gasteiger partial charge in [-0.3, -0.25) is 28.7 Å². The van der Waals surface area contributed by atoms with Crippen molar-refractivity contribution in [2.24, 2.45) is 9.98 Å². The van der Waals surface area contributed by atoms with Crippen molar-refractivity contribution in [3.8, 4) is 0 Å². The molecule has 0 radical (unpaired) electrons. The van der Waals surface area contributed by atoms with Crippen molar-refractivity contribution < 1.29 is 105 Å². The second-order valence-electron chi connectivity index (χ2n) is 13.8. The Kier molecular flexibility index (Phi) is 19.3. The van der Waals surface area contributed by atoms with Crippen molar-refractivity contribution in [2.75, 3.05) is 22.4 Å². The second kappa shape index (κ2) is 22.5. The number of hydrogen-bond acceptors (Lipinski definition) is 12. The molecule has 4 aromatic rings. The van der Waals surface area contributed by atoms with Gasteiger partial charge in [0, 0.05) is 34.6 Å². The number of halogens is 2. The standard InChI is InChI=1S/C40H42Cl2N4O10S2.2Na/c1-23(7-11-27-17-25(21-43-35(47)19-41)9-15-33(27)57(51,52)53)45-31-13-14-32(38-37(31)39(49)29-5-3-4-6-30(29)40(38)50)46-24(2)8-12-28-18-26(22-44-36(48)20-42)10-16-34(28)58(54,55)56;;/h3-6,9-10,13-18,23-24,45-46H,7-8,11-12,19-22H2,1-2H3,(H,43,47)(H,44,48)(H,51,52,53)(H,54,55,56);;/q;2*+1/p-2. The van der Waals surface area contributed by atoms with Gasteiger partial charge in [-0.15, -0.1) is 23.2 Å². The number of hydrogen-bond donors (Lipinski definition) is 4. The van der Waals surface area contributed by atoms with Crippen LogP contribution < -0.4 is 80.0 Å². The van der Waals surface area contributed by atoms with E-state index < -0.39 is 44.1 Å². The molecule has 0 heterocycles. The number of ketones is 2. The number of aliphatic imine (C=N–C) groups is 2. The summed E-state index contributed by atoms with van der Waals surface area (Å²) in [7, 11) is -9.17. The molecule has 0 bridgehead atoms. The minimum atomic E-state index is -4.58. The Bertz CT molecular complexity index is 2350. The van der Waals surface area contributed by atoms with Crippen molar-refractivity contribution in [3.63, 3.8) is 0 Å². The molecule has 0 saturated heterocycles. The molecule has 0 amide bonds. The van der Waals surface area contributed by atoms with Gasteiger partial charge in [-0.2, -0.15) is 16.8 Å².